The predicted molar refractivity (Wildman–Crippen MR) is 68.4 cm³/mol. The summed E-state index contributed by atoms with van der Waals surface area (Å²) in [7, 11) is 0. The zero-order valence-electron chi connectivity index (χ0n) is 10.3. The molecule has 0 saturated heterocycles. The van der Waals surface area contributed by atoms with Crippen LogP contribution in [0, 0.1) is 5.92 Å². The fourth-order valence-electron chi connectivity index (χ4n) is 1.64. The first kappa shape index (κ1) is 12.3. The lowest BCUT2D eigenvalue weighted by molar-refractivity contribution is 0.0755. The van der Waals surface area contributed by atoms with Gasteiger partial charge in [0.25, 0.3) is 5.91 Å². The Morgan fingerprint density at radius 2 is 2.24 bits per heavy atom. The minimum absolute atomic E-state index is 0.0149. The molecule has 0 unspecified atom stereocenters. The van der Waals surface area contributed by atoms with Crippen molar-refractivity contribution in [1.29, 1.82) is 0 Å². The molecule has 2 rings (SSSR count). The number of aromatic nitrogens is 2. The highest BCUT2D eigenvalue weighted by atomic mass is 32.1. The molecule has 1 aromatic rings. The van der Waals surface area contributed by atoms with Crippen LogP contribution in [0.2, 0.25) is 0 Å². The van der Waals surface area contributed by atoms with Crippen molar-refractivity contribution >= 4 is 22.4 Å². The molecule has 6 heteroatoms. The van der Waals surface area contributed by atoms with Crippen molar-refractivity contribution in [3.63, 3.8) is 0 Å². The minimum Gasteiger partial charge on any atom is -0.360 e. The minimum atomic E-state index is 0.0149. The first-order valence-electron chi connectivity index (χ1n) is 6.11. The van der Waals surface area contributed by atoms with E-state index < -0.39 is 0 Å². The molecule has 0 spiro atoms. The molecular formula is C11H18N4OS. The quantitative estimate of drug-likeness (QED) is 0.841. The van der Waals surface area contributed by atoms with Gasteiger partial charge in [0.05, 0.1) is 0 Å². The molecule has 17 heavy (non-hydrogen) atoms. The molecule has 1 aliphatic rings. The third-order valence-electron chi connectivity index (χ3n) is 2.78. The summed E-state index contributed by atoms with van der Waals surface area (Å²) in [6, 6.07) is 0. The van der Waals surface area contributed by atoms with Gasteiger partial charge in [0.2, 0.25) is 10.1 Å². The monoisotopic (exact) mass is 254 g/mol. The van der Waals surface area contributed by atoms with E-state index >= 15 is 0 Å². The lowest BCUT2D eigenvalue weighted by atomic mass is 10.3. The largest absolute Gasteiger partial charge is 0.360 e. The number of anilines is 1. The smallest absolute Gasteiger partial charge is 0.284 e. The Morgan fingerprint density at radius 3 is 2.82 bits per heavy atom. The van der Waals surface area contributed by atoms with Crippen LogP contribution in [0.4, 0.5) is 5.13 Å². The van der Waals surface area contributed by atoms with Crippen molar-refractivity contribution in [3.8, 4) is 0 Å². The van der Waals surface area contributed by atoms with Gasteiger partial charge in [-0.2, -0.15) is 0 Å². The Balaban J connectivity index is 1.99. The summed E-state index contributed by atoms with van der Waals surface area (Å²) in [5, 5.41) is 12.2. The van der Waals surface area contributed by atoms with Crippen LogP contribution >= 0.6 is 11.3 Å². The van der Waals surface area contributed by atoms with E-state index in [-0.39, 0.29) is 5.91 Å². The summed E-state index contributed by atoms with van der Waals surface area (Å²) in [6.07, 6.45) is 2.51. The molecule has 1 aliphatic carbocycles. The maximum absolute atomic E-state index is 12.2. The highest BCUT2D eigenvalue weighted by Crippen LogP contribution is 2.30. The maximum Gasteiger partial charge on any atom is 0.284 e. The van der Waals surface area contributed by atoms with Crippen LogP contribution in [0.3, 0.4) is 0 Å². The number of rotatable bonds is 6. The Bertz CT molecular complexity index is 389. The third-order valence-corrected chi connectivity index (χ3v) is 3.65. The molecular weight excluding hydrogens is 236 g/mol. The Kier molecular flexibility index (Phi) is 3.93. The van der Waals surface area contributed by atoms with Crippen molar-refractivity contribution in [2.24, 2.45) is 5.92 Å². The summed E-state index contributed by atoms with van der Waals surface area (Å²) < 4.78 is 0. The molecule has 1 fully saturated rings. The second-order valence-electron chi connectivity index (χ2n) is 4.23. The zero-order valence-corrected chi connectivity index (χ0v) is 11.1. The summed E-state index contributed by atoms with van der Waals surface area (Å²) >= 11 is 1.33. The lowest BCUT2D eigenvalue weighted by Crippen LogP contribution is -2.32. The number of nitrogens with zero attached hydrogens (tertiary/aromatic N) is 3. The Hall–Kier alpha value is -1.17. The highest BCUT2D eigenvalue weighted by Gasteiger charge is 2.27. The van der Waals surface area contributed by atoms with E-state index in [4.69, 9.17) is 0 Å². The maximum atomic E-state index is 12.2. The number of carbonyl (C=O) groups is 1. The Morgan fingerprint density at radius 1 is 1.47 bits per heavy atom. The molecule has 1 N–H and O–H groups in total. The van der Waals surface area contributed by atoms with Crippen LogP contribution in [0.15, 0.2) is 0 Å². The standard InChI is InChI=1S/C11H18N4OS/c1-3-12-11-14-13-9(17-11)10(16)15(4-2)7-8-5-6-8/h8H,3-7H2,1-2H3,(H,12,14). The second kappa shape index (κ2) is 5.44. The molecule has 0 radical (unpaired) electrons. The second-order valence-corrected chi connectivity index (χ2v) is 5.21. The Labute approximate surface area is 105 Å². The van der Waals surface area contributed by atoms with Gasteiger partial charge < -0.3 is 10.2 Å². The average Bonchev–Trinajstić information content (AvgIpc) is 3.03. The SMILES string of the molecule is CCNc1nnc(C(=O)N(CC)CC2CC2)s1. The van der Waals surface area contributed by atoms with Crippen molar-refractivity contribution in [2.45, 2.75) is 26.7 Å². The van der Waals surface area contributed by atoms with E-state index in [2.05, 4.69) is 15.5 Å². The number of hydrogen-bond donors (Lipinski definition) is 1. The van der Waals surface area contributed by atoms with Crippen LogP contribution in [-0.4, -0.2) is 40.6 Å². The topological polar surface area (TPSA) is 58.1 Å². The van der Waals surface area contributed by atoms with E-state index in [1.165, 1.54) is 24.2 Å². The molecule has 1 heterocycles. The van der Waals surface area contributed by atoms with E-state index in [1.54, 1.807) is 0 Å². The molecule has 1 amide bonds. The first-order valence-corrected chi connectivity index (χ1v) is 6.92. The van der Waals surface area contributed by atoms with Crippen LogP contribution in [0.25, 0.3) is 0 Å². The highest BCUT2D eigenvalue weighted by molar-refractivity contribution is 7.17. The van der Waals surface area contributed by atoms with Gasteiger partial charge in [-0.05, 0) is 32.6 Å². The summed E-state index contributed by atoms with van der Waals surface area (Å²) in [6.45, 7) is 6.40. The first-order chi connectivity index (χ1) is 8.24. The number of amides is 1. The van der Waals surface area contributed by atoms with Gasteiger partial charge in [-0.3, -0.25) is 4.79 Å². The zero-order chi connectivity index (χ0) is 12.3. The van der Waals surface area contributed by atoms with Gasteiger partial charge in [-0.1, -0.05) is 11.3 Å². The van der Waals surface area contributed by atoms with Gasteiger partial charge in [-0.25, -0.2) is 0 Å². The summed E-state index contributed by atoms with van der Waals surface area (Å²) in [5.74, 6) is 0.723. The fraction of sp³-hybridized carbons (Fsp3) is 0.727. The molecule has 0 aliphatic heterocycles. The van der Waals surface area contributed by atoms with E-state index in [0.717, 1.165) is 24.8 Å². The summed E-state index contributed by atoms with van der Waals surface area (Å²) in [4.78, 5) is 14.0. The van der Waals surface area contributed by atoms with E-state index in [1.807, 2.05) is 18.7 Å². The van der Waals surface area contributed by atoms with Gasteiger partial charge in [-0.15, -0.1) is 10.2 Å². The molecule has 0 bridgehead atoms. The molecule has 1 aromatic heterocycles. The molecule has 94 valence electrons. The van der Waals surface area contributed by atoms with E-state index in [0.29, 0.717) is 10.9 Å². The molecule has 5 nitrogen and oxygen atoms in total. The average molecular weight is 254 g/mol. The fourth-order valence-corrected chi connectivity index (χ4v) is 2.41. The van der Waals surface area contributed by atoms with Crippen LogP contribution in [0.5, 0.6) is 0 Å². The molecule has 0 atom stereocenters. The van der Waals surface area contributed by atoms with Crippen molar-refractivity contribution in [2.75, 3.05) is 25.0 Å². The number of nitrogens with one attached hydrogen (secondary N) is 1. The molecule has 1 saturated carbocycles. The third kappa shape index (κ3) is 3.15. The number of hydrogen-bond acceptors (Lipinski definition) is 5. The van der Waals surface area contributed by atoms with Crippen molar-refractivity contribution in [3.05, 3.63) is 5.01 Å². The lowest BCUT2D eigenvalue weighted by Gasteiger charge is -2.18. The summed E-state index contributed by atoms with van der Waals surface area (Å²) in [5.41, 5.74) is 0. The van der Waals surface area contributed by atoms with Crippen LogP contribution in [0.1, 0.15) is 36.5 Å². The molecule has 0 aromatic carbocycles. The normalized spacial score (nSPS) is 14.7. The van der Waals surface area contributed by atoms with Gasteiger partial charge in [0.1, 0.15) is 0 Å². The van der Waals surface area contributed by atoms with E-state index in [9.17, 15) is 4.79 Å². The van der Waals surface area contributed by atoms with Gasteiger partial charge in [0.15, 0.2) is 0 Å². The predicted octanol–water partition coefficient (Wildman–Crippen LogP) is 1.84. The van der Waals surface area contributed by atoms with Gasteiger partial charge in [0, 0.05) is 19.6 Å². The van der Waals surface area contributed by atoms with Crippen LogP contribution < -0.4 is 5.32 Å². The number of carbonyl (C=O) groups excluding carboxylic acids is 1. The van der Waals surface area contributed by atoms with Crippen LogP contribution in [-0.2, 0) is 0 Å². The van der Waals surface area contributed by atoms with Crippen molar-refractivity contribution in [1.82, 2.24) is 15.1 Å². The van der Waals surface area contributed by atoms with Crippen molar-refractivity contribution < 1.29 is 4.79 Å². The van der Waals surface area contributed by atoms with Gasteiger partial charge >= 0.3 is 0 Å².